The zero-order valence-corrected chi connectivity index (χ0v) is 14.9. The molecule has 0 fully saturated rings. The lowest BCUT2D eigenvalue weighted by Crippen LogP contribution is -2.48. The topological polar surface area (TPSA) is 109 Å². The number of nitrogens with zero attached hydrogens (tertiary/aromatic N) is 4. The molecule has 1 aromatic rings. The van der Waals surface area contributed by atoms with Crippen molar-refractivity contribution in [3.05, 3.63) is 40.0 Å². The molecule has 1 aliphatic rings. The number of amidine groups is 1. The van der Waals surface area contributed by atoms with Gasteiger partial charge in [0.1, 0.15) is 23.9 Å². The Labute approximate surface area is 153 Å². The summed E-state index contributed by atoms with van der Waals surface area (Å²) in [6.07, 6.45) is -4.07. The molecule has 1 atom stereocenters. The van der Waals surface area contributed by atoms with Crippen molar-refractivity contribution in [2.75, 3.05) is 13.2 Å². The molecule has 0 bridgehead atoms. The molecular weight excluding hydrogens is 367 g/mol. The Kier molecular flexibility index (Phi) is 5.97. The van der Waals surface area contributed by atoms with Gasteiger partial charge in [0.2, 0.25) is 0 Å². The van der Waals surface area contributed by atoms with Crippen molar-refractivity contribution in [3.63, 3.8) is 0 Å². The second-order valence-electron chi connectivity index (χ2n) is 6.76. The molecule has 1 aromatic carbocycles. The third-order valence-corrected chi connectivity index (χ3v) is 3.48. The van der Waals surface area contributed by atoms with Gasteiger partial charge in [-0.25, -0.2) is 23.0 Å². The number of hydrogen-bond donors (Lipinski definition) is 1. The molecule has 27 heavy (non-hydrogen) atoms. The highest BCUT2D eigenvalue weighted by atomic mass is 19.3. The van der Waals surface area contributed by atoms with E-state index in [0.717, 1.165) is 18.2 Å². The van der Waals surface area contributed by atoms with Gasteiger partial charge in [-0.1, -0.05) is 5.11 Å². The van der Waals surface area contributed by atoms with E-state index in [1.54, 1.807) is 20.8 Å². The first-order valence-corrected chi connectivity index (χ1v) is 7.87. The van der Waals surface area contributed by atoms with Crippen LogP contribution in [0.3, 0.4) is 0 Å². The molecule has 0 aromatic heterocycles. The number of rotatable bonds is 3. The summed E-state index contributed by atoms with van der Waals surface area (Å²) in [6, 6.07) is 3.02. The molecule has 0 aliphatic carbocycles. The van der Waals surface area contributed by atoms with E-state index < -0.39 is 41.6 Å². The predicted molar refractivity (Wildman–Crippen MR) is 90.5 cm³/mol. The van der Waals surface area contributed by atoms with Crippen molar-refractivity contribution in [1.82, 2.24) is 5.32 Å². The highest BCUT2D eigenvalue weighted by Gasteiger charge is 2.46. The number of benzene rings is 1. The maximum atomic E-state index is 14.3. The zero-order valence-electron chi connectivity index (χ0n) is 14.9. The molecule has 1 heterocycles. The molecule has 0 spiro atoms. The van der Waals surface area contributed by atoms with Crippen molar-refractivity contribution >= 4 is 17.6 Å². The number of alkyl halides is 2. The SMILES string of the molecule is CC(C)(C)OC(=O)NC1=NC(c2cc(N=[N+]=[N-])ccc2F)(C(F)F)COC1. The number of azide groups is 1. The third kappa shape index (κ3) is 4.89. The largest absolute Gasteiger partial charge is 0.444 e. The first kappa shape index (κ1) is 20.5. The highest BCUT2D eigenvalue weighted by Crippen LogP contribution is 2.38. The van der Waals surface area contributed by atoms with Gasteiger partial charge in [-0.05, 0) is 44.5 Å². The fourth-order valence-electron chi connectivity index (χ4n) is 2.42. The van der Waals surface area contributed by atoms with Crippen LogP contribution < -0.4 is 5.32 Å². The zero-order chi connectivity index (χ0) is 20.2. The van der Waals surface area contributed by atoms with Gasteiger partial charge in [0.15, 0.2) is 5.54 Å². The van der Waals surface area contributed by atoms with Gasteiger partial charge in [0, 0.05) is 16.2 Å². The van der Waals surface area contributed by atoms with Crippen LogP contribution in [0.1, 0.15) is 26.3 Å². The summed E-state index contributed by atoms with van der Waals surface area (Å²) in [5, 5.41) is 5.53. The van der Waals surface area contributed by atoms with Gasteiger partial charge in [-0.15, -0.1) is 0 Å². The van der Waals surface area contributed by atoms with E-state index >= 15 is 0 Å². The minimum atomic E-state index is -3.16. The van der Waals surface area contributed by atoms with Crippen molar-refractivity contribution in [1.29, 1.82) is 0 Å². The molecule has 1 N–H and O–H groups in total. The Morgan fingerprint density at radius 3 is 2.78 bits per heavy atom. The number of nitrogens with one attached hydrogen (secondary N) is 1. The van der Waals surface area contributed by atoms with E-state index in [1.807, 2.05) is 0 Å². The third-order valence-electron chi connectivity index (χ3n) is 3.48. The maximum absolute atomic E-state index is 14.3. The van der Waals surface area contributed by atoms with Crippen LogP contribution in [-0.2, 0) is 15.0 Å². The van der Waals surface area contributed by atoms with E-state index in [1.165, 1.54) is 0 Å². The molecule has 11 heteroatoms. The number of amides is 1. The van der Waals surface area contributed by atoms with Crippen LogP contribution in [-0.4, -0.2) is 37.2 Å². The van der Waals surface area contributed by atoms with E-state index in [4.69, 9.17) is 15.0 Å². The standard InChI is InChI=1S/C16H18F3N5O3/c1-15(2,3)27-14(25)21-12-7-26-8-16(22-12,13(18)19)10-6-9(23-24-20)4-5-11(10)17/h4-6,13H,7-8H2,1-3H3,(H,21,22,25). The van der Waals surface area contributed by atoms with E-state index in [-0.39, 0.29) is 18.1 Å². The van der Waals surface area contributed by atoms with Crippen molar-refractivity contribution in [2.24, 2.45) is 10.1 Å². The lowest BCUT2D eigenvalue weighted by atomic mass is 9.90. The van der Waals surface area contributed by atoms with Crippen LogP contribution in [0.15, 0.2) is 28.3 Å². The normalized spacial score (nSPS) is 19.9. The number of aliphatic imine (C=N–C) groups is 1. The van der Waals surface area contributed by atoms with Gasteiger partial charge < -0.3 is 9.47 Å². The molecule has 2 rings (SSSR count). The second-order valence-corrected chi connectivity index (χ2v) is 6.76. The second kappa shape index (κ2) is 7.85. The molecule has 0 radical (unpaired) electrons. The average molecular weight is 385 g/mol. The molecule has 1 amide bonds. The van der Waals surface area contributed by atoms with E-state index in [0.29, 0.717) is 0 Å². The fourth-order valence-corrected chi connectivity index (χ4v) is 2.42. The van der Waals surface area contributed by atoms with Gasteiger partial charge >= 0.3 is 6.09 Å². The molecule has 8 nitrogen and oxygen atoms in total. The van der Waals surface area contributed by atoms with Gasteiger partial charge in [0.05, 0.1) is 6.61 Å². The molecule has 1 aliphatic heterocycles. The van der Waals surface area contributed by atoms with Crippen LogP contribution in [0.5, 0.6) is 0 Å². The average Bonchev–Trinajstić information content (AvgIpc) is 2.55. The van der Waals surface area contributed by atoms with E-state index in [9.17, 15) is 18.0 Å². The summed E-state index contributed by atoms with van der Waals surface area (Å²) >= 11 is 0. The number of ether oxygens (including phenoxy) is 2. The number of hydrogen-bond acceptors (Lipinski definition) is 5. The van der Waals surface area contributed by atoms with Crippen molar-refractivity contribution in [3.8, 4) is 0 Å². The number of alkyl carbamates (subject to hydrolysis) is 1. The molecule has 146 valence electrons. The molecule has 0 saturated heterocycles. The summed E-state index contributed by atoms with van der Waals surface area (Å²) in [5.41, 5.74) is 4.71. The van der Waals surface area contributed by atoms with Crippen LogP contribution in [0.4, 0.5) is 23.7 Å². The quantitative estimate of drug-likeness (QED) is 0.479. The van der Waals surface area contributed by atoms with Crippen molar-refractivity contribution in [2.45, 2.75) is 38.3 Å². The Morgan fingerprint density at radius 1 is 1.48 bits per heavy atom. The predicted octanol–water partition coefficient (Wildman–Crippen LogP) is 4.18. The Morgan fingerprint density at radius 2 is 2.19 bits per heavy atom. The minimum Gasteiger partial charge on any atom is -0.444 e. The smallest absolute Gasteiger partial charge is 0.413 e. The Bertz CT molecular complexity index is 803. The minimum absolute atomic E-state index is 0.0589. The number of carbonyl (C=O) groups is 1. The summed E-state index contributed by atoms with van der Waals surface area (Å²) < 4.78 is 52.4. The van der Waals surface area contributed by atoms with Gasteiger partial charge in [-0.3, -0.25) is 5.32 Å². The van der Waals surface area contributed by atoms with Crippen LogP contribution in [0.2, 0.25) is 0 Å². The van der Waals surface area contributed by atoms with Crippen LogP contribution in [0.25, 0.3) is 10.4 Å². The summed E-state index contributed by atoms with van der Waals surface area (Å²) in [4.78, 5) is 18.3. The summed E-state index contributed by atoms with van der Waals surface area (Å²) in [7, 11) is 0. The van der Waals surface area contributed by atoms with Crippen LogP contribution in [0, 0.1) is 5.82 Å². The Hall–Kier alpha value is -2.78. The highest BCUT2D eigenvalue weighted by molar-refractivity contribution is 5.96. The summed E-state index contributed by atoms with van der Waals surface area (Å²) in [5.74, 6) is -1.21. The fraction of sp³-hybridized carbons (Fsp3) is 0.500. The van der Waals surface area contributed by atoms with Gasteiger partial charge in [0.25, 0.3) is 6.43 Å². The molecule has 1 unspecified atom stereocenters. The number of carbonyl (C=O) groups excluding carboxylic acids is 1. The maximum Gasteiger partial charge on any atom is 0.413 e. The lowest BCUT2D eigenvalue weighted by molar-refractivity contribution is -0.0156. The first-order chi connectivity index (χ1) is 12.6. The van der Waals surface area contributed by atoms with Crippen molar-refractivity contribution < 1.29 is 27.4 Å². The molecular formula is C16H18F3N5O3. The summed E-state index contributed by atoms with van der Waals surface area (Å²) in [6.45, 7) is 4.01. The van der Waals surface area contributed by atoms with Gasteiger partial charge in [-0.2, -0.15) is 0 Å². The van der Waals surface area contributed by atoms with E-state index in [2.05, 4.69) is 20.3 Å². The monoisotopic (exact) mass is 385 g/mol. The number of halogens is 3. The molecule has 0 saturated carbocycles. The van der Waals surface area contributed by atoms with Crippen LogP contribution >= 0.6 is 0 Å². The first-order valence-electron chi connectivity index (χ1n) is 7.87. The Balaban J connectivity index is 2.44. The lowest BCUT2D eigenvalue weighted by Gasteiger charge is -2.34.